The first-order valence-corrected chi connectivity index (χ1v) is 10.4. The third-order valence-corrected chi connectivity index (χ3v) is 6.57. The van der Waals surface area contributed by atoms with E-state index in [1.807, 2.05) is 0 Å². The Kier molecular flexibility index (Phi) is 6.96. The summed E-state index contributed by atoms with van der Waals surface area (Å²) in [5.74, 6) is 2.06. The smallest absolute Gasteiger partial charge is 0.222 e. The highest BCUT2D eigenvalue weighted by Crippen LogP contribution is 2.28. The molecule has 4 heteroatoms. The van der Waals surface area contributed by atoms with E-state index in [9.17, 15) is 4.79 Å². The molecule has 3 aliphatic rings. The predicted molar refractivity (Wildman–Crippen MR) is 99.1 cm³/mol. The second kappa shape index (κ2) is 9.19. The minimum absolute atomic E-state index is 0.429. The van der Waals surface area contributed by atoms with E-state index in [-0.39, 0.29) is 0 Å². The first-order valence-electron chi connectivity index (χ1n) is 10.4. The number of hydrogen-bond acceptors (Lipinski definition) is 3. The third kappa shape index (κ3) is 5.45. The number of likely N-dealkylation sites (tertiary alicyclic amines) is 1. The van der Waals surface area contributed by atoms with E-state index in [1.54, 1.807) is 0 Å². The van der Waals surface area contributed by atoms with E-state index in [0.717, 1.165) is 37.8 Å². The van der Waals surface area contributed by atoms with Crippen molar-refractivity contribution in [2.45, 2.75) is 57.8 Å². The van der Waals surface area contributed by atoms with Crippen LogP contribution in [0, 0.1) is 11.8 Å². The van der Waals surface area contributed by atoms with Gasteiger partial charge in [-0.05, 0) is 38.1 Å². The SMILES string of the molecule is CN1CCN(CC2CCN(C(=O)CCC3CCCCC3)CC2)CC1. The van der Waals surface area contributed by atoms with Crippen LogP contribution in [0.5, 0.6) is 0 Å². The average Bonchev–Trinajstić information content (AvgIpc) is 2.63. The molecule has 0 atom stereocenters. The van der Waals surface area contributed by atoms with E-state index in [0.29, 0.717) is 5.91 Å². The van der Waals surface area contributed by atoms with Gasteiger partial charge in [0.2, 0.25) is 5.91 Å². The summed E-state index contributed by atoms with van der Waals surface area (Å²) in [5, 5.41) is 0. The van der Waals surface area contributed by atoms with E-state index in [2.05, 4.69) is 21.7 Å². The van der Waals surface area contributed by atoms with Crippen LogP contribution in [0.2, 0.25) is 0 Å². The Morgan fingerprint density at radius 1 is 0.833 bits per heavy atom. The molecule has 1 aliphatic carbocycles. The van der Waals surface area contributed by atoms with Gasteiger partial charge in [0.25, 0.3) is 0 Å². The minimum atomic E-state index is 0.429. The van der Waals surface area contributed by atoms with Crippen LogP contribution >= 0.6 is 0 Å². The molecule has 3 fully saturated rings. The normalized spacial score (nSPS) is 26.0. The van der Waals surface area contributed by atoms with Gasteiger partial charge >= 0.3 is 0 Å². The van der Waals surface area contributed by atoms with Crippen LogP contribution < -0.4 is 0 Å². The second-order valence-corrected chi connectivity index (χ2v) is 8.47. The van der Waals surface area contributed by atoms with Crippen LogP contribution in [0.15, 0.2) is 0 Å². The molecular weight excluding hydrogens is 298 g/mol. The van der Waals surface area contributed by atoms with Gasteiger partial charge in [-0.25, -0.2) is 0 Å². The maximum atomic E-state index is 12.5. The Bertz CT molecular complexity index is 378. The molecule has 0 aromatic carbocycles. The molecule has 0 aromatic heterocycles. The summed E-state index contributed by atoms with van der Waals surface area (Å²) < 4.78 is 0. The van der Waals surface area contributed by atoms with E-state index in [1.165, 1.54) is 77.7 Å². The minimum Gasteiger partial charge on any atom is -0.343 e. The molecule has 1 amide bonds. The molecule has 0 N–H and O–H groups in total. The summed E-state index contributed by atoms with van der Waals surface area (Å²) in [5.41, 5.74) is 0. The van der Waals surface area contributed by atoms with Gasteiger partial charge in [0.15, 0.2) is 0 Å². The first kappa shape index (κ1) is 18.2. The average molecular weight is 336 g/mol. The van der Waals surface area contributed by atoms with Crippen LogP contribution in [-0.4, -0.2) is 73.5 Å². The molecule has 0 radical (unpaired) electrons. The van der Waals surface area contributed by atoms with Crippen molar-refractivity contribution in [3.05, 3.63) is 0 Å². The topological polar surface area (TPSA) is 26.8 Å². The maximum Gasteiger partial charge on any atom is 0.222 e. The van der Waals surface area contributed by atoms with Crippen molar-refractivity contribution in [2.75, 3.05) is 52.9 Å². The lowest BCUT2D eigenvalue weighted by Gasteiger charge is -2.38. The van der Waals surface area contributed by atoms with Gasteiger partial charge in [-0.15, -0.1) is 0 Å². The Hall–Kier alpha value is -0.610. The third-order valence-electron chi connectivity index (χ3n) is 6.57. The van der Waals surface area contributed by atoms with Crippen molar-refractivity contribution in [1.29, 1.82) is 0 Å². The molecule has 24 heavy (non-hydrogen) atoms. The molecule has 2 aliphatic heterocycles. The van der Waals surface area contributed by atoms with Gasteiger partial charge in [0.05, 0.1) is 0 Å². The second-order valence-electron chi connectivity index (χ2n) is 8.47. The molecule has 0 unspecified atom stereocenters. The van der Waals surface area contributed by atoms with Crippen molar-refractivity contribution >= 4 is 5.91 Å². The summed E-state index contributed by atoms with van der Waals surface area (Å²) in [6.45, 7) is 8.10. The molecule has 4 nitrogen and oxygen atoms in total. The maximum absolute atomic E-state index is 12.5. The number of amides is 1. The first-order chi connectivity index (χ1) is 11.7. The van der Waals surface area contributed by atoms with Crippen molar-refractivity contribution in [3.63, 3.8) is 0 Å². The molecule has 138 valence electrons. The van der Waals surface area contributed by atoms with E-state index >= 15 is 0 Å². The van der Waals surface area contributed by atoms with Crippen LogP contribution in [-0.2, 0) is 4.79 Å². The summed E-state index contributed by atoms with van der Waals surface area (Å²) in [4.78, 5) is 19.7. The van der Waals surface area contributed by atoms with Crippen LogP contribution in [0.25, 0.3) is 0 Å². The Morgan fingerprint density at radius 3 is 2.17 bits per heavy atom. The van der Waals surface area contributed by atoms with Gasteiger partial charge in [-0.1, -0.05) is 32.1 Å². The highest BCUT2D eigenvalue weighted by atomic mass is 16.2. The van der Waals surface area contributed by atoms with Crippen molar-refractivity contribution in [1.82, 2.24) is 14.7 Å². The van der Waals surface area contributed by atoms with Crippen molar-refractivity contribution < 1.29 is 4.79 Å². The molecule has 2 saturated heterocycles. The predicted octanol–water partition coefficient (Wildman–Crippen LogP) is 2.83. The van der Waals surface area contributed by atoms with Crippen LogP contribution in [0.3, 0.4) is 0 Å². The standard InChI is InChI=1S/C20H37N3O/c1-21-13-15-22(16-14-21)17-19-9-11-23(12-10-19)20(24)8-7-18-5-3-2-4-6-18/h18-19H,2-17H2,1H3. The monoisotopic (exact) mass is 335 g/mol. The van der Waals surface area contributed by atoms with E-state index < -0.39 is 0 Å². The van der Waals surface area contributed by atoms with Crippen LogP contribution in [0.4, 0.5) is 0 Å². The Labute approximate surface area is 148 Å². The Morgan fingerprint density at radius 2 is 1.50 bits per heavy atom. The molecule has 0 bridgehead atoms. The zero-order chi connectivity index (χ0) is 16.8. The fraction of sp³-hybridized carbons (Fsp3) is 0.950. The molecule has 2 heterocycles. The lowest BCUT2D eigenvalue weighted by Crippen LogP contribution is -2.48. The number of piperidine rings is 1. The molecular formula is C20H37N3O. The van der Waals surface area contributed by atoms with Gasteiger partial charge in [0.1, 0.15) is 0 Å². The van der Waals surface area contributed by atoms with Crippen molar-refractivity contribution in [2.24, 2.45) is 11.8 Å². The van der Waals surface area contributed by atoms with Crippen molar-refractivity contribution in [3.8, 4) is 0 Å². The fourth-order valence-corrected chi connectivity index (χ4v) is 4.72. The zero-order valence-electron chi connectivity index (χ0n) is 15.7. The number of likely N-dealkylation sites (N-methyl/N-ethyl adjacent to an activating group) is 1. The van der Waals surface area contributed by atoms with Gasteiger partial charge in [-0.2, -0.15) is 0 Å². The summed E-state index contributed by atoms with van der Waals surface area (Å²) in [6.07, 6.45) is 11.3. The molecule has 3 rings (SSSR count). The largest absolute Gasteiger partial charge is 0.343 e. The fourth-order valence-electron chi connectivity index (χ4n) is 4.72. The van der Waals surface area contributed by atoms with Gasteiger partial charge < -0.3 is 14.7 Å². The molecule has 1 saturated carbocycles. The number of carbonyl (C=O) groups is 1. The lowest BCUT2D eigenvalue weighted by molar-refractivity contribution is -0.133. The number of nitrogens with zero attached hydrogens (tertiary/aromatic N) is 3. The summed E-state index contributed by atoms with van der Waals surface area (Å²) in [6, 6.07) is 0. The van der Waals surface area contributed by atoms with E-state index in [4.69, 9.17) is 0 Å². The van der Waals surface area contributed by atoms with Gasteiger partial charge in [-0.3, -0.25) is 4.79 Å². The van der Waals surface area contributed by atoms with Gasteiger partial charge in [0, 0.05) is 52.2 Å². The highest BCUT2D eigenvalue weighted by Gasteiger charge is 2.25. The molecule has 0 spiro atoms. The molecule has 0 aromatic rings. The zero-order valence-corrected chi connectivity index (χ0v) is 15.7. The lowest BCUT2D eigenvalue weighted by atomic mass is 9.86. The number of piperazine rings is 1. The Balaban J connectivity index is 1.31. The quantitative estimate of drug-likeness (QED) is 0.773. The number of hydrogen-bond donors (Lipinski definition) is 0. The number of carbonyl (C=O) groups excluding carboxylic acids is 1. The highest BCUT2D eigenvalue weighted by molar-refractivity contribution is 5.76. The van der Waals surface area contributed by atoms with Crippen LogP contribution in [0.1, 0.15) is 57.8 Å². The number of rotatable bonds is 5. The summed E-state index contributed by atoms with van der Waals surface area (Å²) >= 11 is 0. The summed E-state index contributed by atoms with van der Waals surface area (Å²) in [7, 11) is 2.22.